The van der Waals surface area contributed by atoms with E-state index in [2.05, 4.69) is 11.8 Å². The van der Waals surface area contributed by atoms with Gasteiger partial charge in [0.25, 0.3) is 0 Å². The Labute approximate surface area is 187 Å². The van der Waals surface area contributed by atoms with Gasteiger partial charge in [0.15, 0.2) is 0 Å². The lowest BCUT2D eigenvalue weighted by molar-refractivity contribution is 0.179. The lowest BCUT2D eigenvalue weighted by Crippen LogP contribution is -2.40. The van der Waals surface area contributed by atoms with Crippen molar-refractivity contribution in [2.75, 3.05) is 26.2 Å². The van der Waals surface area contributed by atoms with E-state index in [1.165, 1.54) is 12.8 Å². The van der Waals surface area contributed by atoms with Crippen LogP contribution in [0.5, 0.6) is 5.75 Å². The number of piperidine rings is 1. The van der Waals surface area contributed by atoms with Gasteiger partial charge >= 0.3 is 0 Å². The number of benzene rings is 2. The molecule has 0 aliphatic carbocycles. The minimum atomic E-state index is -3.52. The fourth-order valence-electron chi connectivity index (χ4n) is 4.63. The van der Waals surface area contributed by atoms with Crippen LogP contribution in [0.2, 0.25) is 0 Å². The van der Waals surface area contributed by atoms with E-state index < -0.39 is 10.0 Å². The summed E-state index contributed by atoms with van der Waals surface area (Å²) in [7, 11) is -3.52. The van der Waals surface area contributed by atoms with Crippen LogP contribution < -0.4 is 4.74 Å². The Bertz CT molecular complexity index is 940. The summed E-state index contributed by atoms with van der Waals surface area (Å²) in [5.74, 6) is 1.40. The van der Waals surface area contributed by atoms with Crippen molar-refractivity contribution in [3.8, 4) is 5.75 Å². The van der Waals surface area contributed by atoms with Crippen LogP contribution in [0.3, 0.4) is 0 Å². The quantitative estimate of drug-likeness (QED) is 0.602. The SMILES string of the molecule is CC1CCN(CC[C@H]2CCCN2S(=O)(=O)c2cccc(OCc3ccccc3)c2)CC1. The molecule has 0 N–H and O–H groups in total. The van der Waals surface area contributed by atoms with Crippen LogP contribution in [0, 0.1) is 5.92 Å². The second kappa shape index (κ2) is 10.2. The number of likely N-dealkylation sites (tertiary alicyclic amines) is 1. The lowest BCUT2D eigenvalue weighted by Gasteiger charge is -2.32. The molecule has 0 radical (unpaired) electrons. The van der Waals surface area contributed by atoms with Crippen LogP contribution in [-0.4, -0.2) is 49.8 Å². The molecule has 6 heteroatoms. The largest absolute Gasteiger partial charge is 0.489 e. The van der Waals surface area contributed by atoms with E-state index in [1.54, 1.807) is 22.5 Å². The number of hydrogen-bond donors (Lipinski definition) is 0. The summed E-state index contributed by atoms with van der Waals surface area (Å²) >= 11 is 0. The van der Waals surface area contributed by atoms with Gasteiger partial charge in [-0.05, 0) is 75.4 Å². The molecule has 2 heterocycles. The summed E-state index contributed by atoms with van der Waals surface area (Å²) in [5.41, 5.74) is 1.06. The summed E-state index contributed by atoms with van der Waals surface area (Å²) in [6.45, 7) is 6.62. The van der Waals surface area contributed by atoms with Crippen molar-refractivity contribution in [3.63, 3.8) is 0 Å². The number of ether oxygens (including phenoxy) is 1. The Morgan fingerprint density at radius 3 is 2.52 bits per heavy atom. The predicted octanol–water partition coefficient (Wildman–Crippen LogP) is 4.54. The fraction of sp³-hybridized carbons (Fsp3) is 0.520. The second-order valence-corrected chi connectivity index (χ2v) is 10.9. The molecular weight excluding hydrogens is 408 g/mol. The molecular formula is C25H34N2O3S. The van der Waals surface area contributed by atoms with Crippen molar-refractivity contribution in [1.29, 1.82) is 0 Å². The average Bonchev–Trinajstić information content (AvgIpc) is 3.28. The normalized spacial score (nSPS) is 21.4. The first-order chi connectivity index (χ1) is 15.0. The molecule has 0 saturated carbocycles. The Morgan fingerprint density at radius 1 is 0.968 bits per heavy atom. The molecule has 4 rings (SSSR count). The Balaban J connectivity index is 1.39. The molecule has 2 fully saturated rings. The van der Waals surface area contributed by atoms with E-state index in [0.717, 1.165) is 50.4 Å². The Morgan fingerprint density at radius 2 is 1.74 bits per heavy atom. The topological polar surface area (TPSA) is 49.9 Å². The van der Waals surface area contributed by atoms with Gasteiger partial charge in [-0.2, -0.15) is 4.31 Å². The average molecular weight is 443 g/mol. The zero-order valence-electron chi connectivity index (χ0n) is 18.4. The molecule has 2 aliphatic rings. The molecule has 0 unspecified atom stereocenters. The van der Waals surface area contributed by atoms with Gasteiger partial charge in [0.05, 0.1) is 4.90 Å². The maximum Gasteiger partial charge on any atom is 0.243 e. The number of nitrogens with zero attached hydrogens (tertiary/aromatic N) is 2. The molecule has 2 aromatic rings. The third kappa shape index (κ3) is 5.68. The van der Waals surface area contributed by atoms with Crippen molar-refractivity contribution in [2.45, 2.75) is 56.6 Å². The number of rotatable bonds is 8. The predicted molar refractivity (Wildman–Crippen MR) is 124 cm³/mol. The third-order valence-corrected chi connectivity index (χ3v) is 8.59. The van der Waals surface area contributed by atoms with E-state index in [-0.39, 0.29) is 6.04 Å². The maximum atomic E-state index is 13.4. The third-order valence-electron chi connectivity index (χ3n) is 6.64. The van der Waals surface area contributed by atoms with E-state index in [1.807, 2.05) is 36.4 Å². The molecule has 0 aromatic heterocycles. The monoisotopic (exact) mass is 442 g/mol. The van der Waals surface area contributed by atoms with Crippen LogP contribution in [0.25, 0.3) is 0 Å². The van der Waals surface area contributed by atoms with Crippen LogP contribution in [-0.2, 0) is 16.6 Å². The van der Waals surface area contributed by atoms with Gasteiger partial charge in [-0.25, -0.2) is 8.42 Å². The summed E-state index contributed by atoms with van der Waals surface area (Å²) in [4.78, 5) is 2.83. The minimum Gasteiger partial charge on any atom is -0.489 e. The summed E-state index contributed by atoms with van der Waals surface area (Å²) in [5, 5.41) is 0. The lowest BCUT2D eigenvalue weighted by atomic mass is 9.99. The summed E-state index contributed by atoms with van der Waals surface area (Å²) in [6.07, 6.45) is 5.31. The zero-order valence-corrected chi connectivity index (χ0v) is 19.3. The molecule has 2 aromatic carbocycles. The molecule has 2 saturated heterocycles. The molecule has 0 amide bonds. The van der Waals surface area contributed by atoms with Crippen molar-refractivity contribution in [2.24, 2.45) is 5.92 Å². The molecule has 5 nitrogen and oxygen atoms in total. The van der Waals surface area contributed by atoms with Crippen molar-refractivity contribution in [1.82, 2.24) is 9.21 Å². The summed E-state index contributed by atoms with van der Waals surface area (Å²) in [6, 6.07) is 16.9. The van der Waals surface area contributed by atoms with Crippen molar-refractivity contribution < 1.29 is 13.2 Å². The molecule has 168 valence electrons. The molecule has 2 aliphatic heterocycles. The van der Waals surface area contributed by atoms with Gasteiger partial charge in [0.2, 0.25) is 10.0 Å². The van der Waals surface area contributed by atoms with E-state index in [4.69, 9.17) is 4.74 Å². The molecule has 0 spiro atoms. The van der Waals surface area contributed by atoms with Gasteiger partial charge in [-0.1, -0.05) is 43.3 Å². The molecule has 31 heavy (non-hydrogen) atoms. The van der Waals surface area contributed by atoms with Gasteiger partial charge in [-0.15, -0.1) is 0 Å². The van der Waals surface area contributed by atoms with Crippen LogP contribution >= 0.6 is 0 Å². The molecule has 1 atom stereocenters. The second-order valence-electron chi connectivity index (χ2n) is 8.97. The van der Waals surface area contributed by atoms with Crippen LogP contribution in [0.4, 0.5) is 0 Å². The highest BCUT2D eigenvalue weighted by Gasteiger charge is 2.35. The smallest absolute Gasteiger partial charge is 0.243 e. The first kappa shape index (κ1) is 22.3. The molecule has 0 bridgehead atoms. The zero-order chi connectivity index (χ0) is 21.7. The van der Waals surface area contributed by atoms with Gasteiger partial charge in [0.1, 0.15) is 12.4 Å². The van der Waals surface area contributed by atoms with Gasteiger partial charge in [0, 0.05) is 18.7 Å². The fourth-order valence-corrected chi connectivity index (χ4v) is 6.39. The highest BCUT2D eigenvalue weighted by atomic mass is 32.2. The van der Waals surface area contributed by atoms with Crippen molar-refractivity contribution >= 4 is 10.0 Å². The Kier molecular flexibility index (Phi) is 7.31. The minimum absolute atomic E-state index is 0.0956. The Hall–Kier alpha value is -1.89. The van der Waals surface area contributed by atoms with Gasteiger partial charge < -0.3 is 9.64 Å². The number of sulfonamides is 1. The van der Waals surface area contributed by atoms with E-state index >= 15 is 0 Å². The maximum absolute atomic E-state index is 13.4. The number of hydrogen-bond acceptors (Lipinski definition) is 4. The summed E-state index contributed by atoms with van der Waals surface area (Å²) < 4.78 is 34.4. The first-order valence-corrected chi connectivity index (χ1v) is 13.0. The van der Waals surface area contributed by atoms with Crippen LogP contribution in [0.1, 0.15) is 44.6 Å². The first-order valence-electron chi connectivity index (χ1n) is 11.5. The van der Waals surface area contributed by atoms with E-state index in [9.17, 15) is 8.42 Å². The van der Waals surface area contributed by atoms with Crippen LogP contribution in [0.15, 0.2) is 59.5 Å². The highest BCUT2D eigenvalue weighted by molar-refractivity contribution is 7.89. The highest BCUT2D eigenvalue weighted by Crippen LogP contribution is 2.30. The van der Waals surface area contributed by atoms with Gasteiger partial charge in [-0.3, -0.25) is 0 Å². The van der Waals surface area contributed by atoms with Crippen molar-refractivity contribution in [3.05, 3.63) is 60.2 Å². The van der Waals surface area contributed by atoms with E-state index in [0.29, 0.717) is 23.8 Å². The standard InChI is InChI=1S/C25H34N2O3S/c1-21-12-16-26(17-13-21)18-14-23-9-6-15-27(23)31(28,29)25-11-5-10-24(19-25)30-20-22-7-3-2-4-8-22/h2-5,7-8,10-11,19,21,23H,6,9,12-18,20H2,1H3/t23-/m1/s1.